The van der Waals surface area contributed by atoms with Gasteiger partial charge in [-0.1, -0.05) is 18.2 Å². The zero-order valence-electron chi connectivity index (χ0n) is 11.0. The van der Waals surface area contributed by atoms with Gasteiger partial charge in [0.1, 0.15) is 6.04 Å². The highest BCUT2D eigenvalue weighted by Gasteiger charge is 2.25. The van der Waals surface area contributed by atoms with Gasteiger partial charge in [-0.15, -0.1) is 11.3 Å². The molecule has 1 unspecified atom stereocenters. The van der Waals surface area contributed by atoms with Crippen molar-refractivity contribution in [2.75, 3.05) is 7.05 Å². The number of carboxylic acid groups (broad SMARTS) is 1. The first kappa shape index (κ1) is 13.5. The van der Waals surface area contributed by atoms with Crippen LogP contribution in [-0.4, -0.2) is 35.0 Å². The monoisotopic (exact) mass is 277 g/mol. The van der Waals surface area contributed by atoms with E-state index in [4.69, 9.17) is 5.11 Å². The number of hydrogen-bond donors (Lipinski definition) is 1. The summed E-state index contributed by atoms with van der Waals surface area (Å²) in [5.74, 6) is -1.25. The Morgan fingerprint density at radius 3 is 2.53 bits per heavy atom. The van der Waals surface area contributed by atoms with Gasteiger partial charge < -0.3 is 10.0 Å². The molecule has 1 aromatic heterocycles. The summed E-state index contributed by atoms with van der Waals surface area (Å²) in [4.78, 5) is 25.2. The second-order valence-corrected chi connectivity index (χ2v) is 5.53. The number of nitrogens with zero attached hydrogens (tertiary/aromatic N) is 1. The molecule has 0 aliphatic heterocycles. The number of amides is 1. The first-order valence-electron chi connectivity index (χ1n) is 5.91. The first-order chi connectivity index (χ1) is 8.93. The maximum atomic E-state index is 12.4. The predicted octanol–water partition coefficient (Wildman–Crippen LogP) is 2.75. The topological polar surface area (TPSA) is 57.6 Å². The Morgan fingerprint density at radius 2 is 1.95 bits per heavy atom. The van der Waals surface area contributed by atoms with Gasteiger partial charge in [0.05, 0.1) is 4.88 Å². The molecule has 100 valence electrons. The molecule has 0 fully saturated rings. The van der Waals surface area contributed by atoms with E-state index in [-0.39, 0.29) is 5.91 Å². The lowest BCUT2D eigenvalue weighted by atomic mass is 10.1. The standard InChI is InChI=1S/C14H15NO3S/c1-8-10-6-4-5-7-11(10)19-12(8)13(16)15(3)9(2)14(17)18/h4-7,9H,1-3H3,(H,17,18). The van der Waals surface area contributed by atoms with Crippen LogP contribution in [0.15, 0.2) is 24.3 Å². The van der Waals surface area contributed by atoms with Gasteiger partial charge in [0.25, 0.3) is 5.91 Å². The number of carbonyl (C=O) groups is 2. The highest BCUT2D eigenvalue weighted by atomic mass is 32.1. The second kappa shape index (κ2) is 5.01. The van der Waals surface area contributed by atoms with Gasteiger partial charge in [0.2, 0.25) is 0 Å². The molecule has 0 radical (unpaired) electrons. The van der Waals surface area contributed by atoms with Crippen molar-refractivity contribution in [1.82, 2.24) is 4.90 Å². The number of carboxylic acids is 1. The molecule has 2 rings (SSSR count). The molecule has 1 heterocycles. The summed E-state index contributed by atoms with van der Waals surface area (Å²) in [5.41, 5.74) is 0.912. The van der Waals surface area contributed by atoms with Gasteiger partial charge in [0, 0.05) is 11.7 Å². The van der Waals surface area contributed by atoms with Crippen molar-refractivity contribution in [3.8, 4) is 0 Å². The van der Waals surface area contributed by atoms with Crippen molar-refractivity contribution in [1.29, 1.82) is 0 Å². The predicted molar refractivity (Wildman–Crippen MR) is 75.8 cm³/mol. The van der Waals surface area contributed by atoms with E-state index in [1.807, 2.05) is 31.2 Å². The SMILES string of the molecule is Cc1c(C(=O)N(C)C(C)C(=O)O)sc2ccccc12. The van der Waals surface area contributed by atoms with Crippen LogP contribution in [-0.2, 0) is 4.79 Å². The van der Waals surface area contributed by atoms with Gasteiger partial charge >= 0.3 is 5.97 Å². The smallest absolute Gasteiger partial charge is 0.326 e. The average molecular weight is 277 g/mol. The Morgan fingerprint density at radius 1 is 1.32 bits per heavy atom. The molecule has 1 N–H and O–H groups in total. The summed E-state index contributed by atoms with van der Waals surface area (Å²) in [7, 11) is 1.52. The Hall–Kier alpha value is -1.88. The van der Waals surface area contributed by atoms with E-state index in [1.54, 1.807) is 0 Å². The molecule has 0 aliphatic rings. The lowest BCUT2D eigenvalue weighted by Crippen LogP contribution is -2.40. The van der Waals surface area contributed by atoms with Crippen molar-refractivity contribution in [3.63, 3.8) is 0 Å². The zero-order chi connectivity index (χ0) is 14.2. The molecule has 1 aromatic carbocycles. The van der Waals surface area contributed by atoms with E-state index in [0.717, 1.165) is 15.6 Å². The molecule has 0 spiro atoms. The minimum absolute atomic E-state index is 0.242. The van der Waals surface area contributed by atoms with Crippen LogP contribution in [0.1, 0.15) is 22.2 Å². The van der Waals surface area contributed by atoms with Crippen molar-refractivity contribution in [2.24, 2.45) is 0 Å². The molecule has 4 nitrogen and oxygen atoms in total. The van der Waals surface area contributed by atoms with Crippen LogP contribution < -0.4 is 0 Å². The molecule has 0 bridgehead atoms. The maximum absolute atomic E-state index is 12.4. The number of aliphatic carboxylic acids is 1. The zero-order valence-corrected chi connectivity index (χ0v) is 11.8. The van der Waals surface area contributed by atoms with Gasteiger partial charge in [-0.05, 0) is 30.9 Å². The summed E-state index contributed by atoms with van der Waals surface area (Å²) in [6.45, 7) is 3.40. The lowest BCUT2D eigenvalue weighted by Gasteiger charge is -2.21. The van der Waals surface area contributed by atoms with Crippen LogP contribution >= 0.6 is 11.3 Å². The Labute approximate surface area is 115 Å². The number of hydrogen-bond acceptors (Lipinski definition) is 3. The normalized spacial score (nSPS) is 12.4. The molecular formula is C14H15NO3S. The molecule has 0 saturated carbocycles. The number of rotatable bonds is 3. The average Bonchev–Trinajstić information content (AvgIpc) is 2.74. The Bertz CT molecular complexity index is 647. The van der Waals surface area contributed by atoms with Gasteiger partial charge in [0.15, 0.2) is 0 Å². The molecule has 0 aliphatic carbocycles. The van der Waals surface area contributed by atoms with Crippen LogP contribution in [0.25, 0.3) is 10.1 Å². The van der Waals surface area contributed by atoms with Crippen LogP contribution in [0.2, 0.25) is 0 Å². The van der Waals surface area contributed by atoms with Crippen molar-refractivity contribution < 1.29 is 14.7 Å². The summed E-state index contributed by atoms with van der Waals surface area (Å²) < 4.78 is 1.04. The fourth-order valence-corrected chi connectivity index (χ4v) is 3.07. The number of carbonyl (C=O) groups excluding carboxylic acids is 1. The van der Waals surface area contributed by atoms with Crippen molar-refractivity contribution in [2.45, 2.75) is 19.9 Å². The van der Waals surface area contributed by atoms with Gasteiger partial charge in [-0.2, -0.15) is 0 Å². The number of benzene rings is 1. The molecule has 19 heavy (non-hydrogen) atoms. The fraction of sp³-hybridized carbons (Fsp3) is 0.286. The van der Waals surface area contributed by atoms with Crippen LogP contribution in [0.4, 0.5) is 0 Å². The van der Waals surface area contributed by atoms with Crippen molar-refractivity contribution in [3.05, 3.63) is 34.7 Å². The minimum atomic E-state index is -1.00. The van der Waals surface area contributed by atoms with Gasteiger partial charge in [-0.3, -0.25) is 4.79 Å². The van der Waals surface area contributed by atoms with Crippen LogP contribution in [0.5, 0.6) is 0 Å². The van der Waals surface area contributed by atoms with E-state index in [2.05, 4.69) is 0 Å². The van der Waals surface area contributed by atoms with E-state index < -0.39 is 12.0 Å². The maximum Gasteiger partial charge on any atom is 0.326 e. The summed E-state index contributed by atoms with van der Waals surface area (Å²) in [6, 6.07) is 6.95. The van der Waals surface area contributed by atoms with Crippen LogP contribution in [0, 0.1) is 6.92 Å². The highest BCUT2D eigenvalue weighted by Crippen LogP contribution is 2.31. The van der Waals surface area contributed by atoms with E-state index in [9.17, 15) is 9.59 Å². The minimum Gasteiger partial charge on any atom is -0.480 e. The summed E-state index contributed by atoms with van der Waals surface area (Å²) in [6.07, 6.45) is 0. The molecule has 1 atom stereocenters. The van der Waals surface area contributed by atoms with E-state index >= 15 is 0 Å². The third-order valence-corrected chi connectivity index (χ3v) is 4.56. The third kappa shape index (κ3) is 2.33. The van der Waals surface area contributed by atoms with E-state index in [1.165, 1.54) is 30.2 Å². The quantitative estimate of drug-likeness (QED) is 0.938. The van der Waals surface area contributed by atoms with Crippen molar-refractivity contribution >= 4 is 33.3 Å². The fourth-order valence-electron chi connectivity index (χ4n) is 1.88. The number of thiophene rings is 1. The first-order valence-corrected chi connectivity index (χ1v) is 6.73. The number of aryl methyl sites for hydroxylation is 1. The summed E-state index contributed by atoms with van der Waals surface area (Å²) >= 11 is 1.41. The molecule has 0 saturated heterocycles. The van der Waals surface area contributed by atoms with Crippen LogP contribution in [0.3, 0.4) is 0 Å². The Balaban J connectivity index is 2.42. The number of fused-ring (bicyclic) bond motifs is 1. The highest BCUT2D eigenvalue weighted by molar-refractivity contribution is 7.21. The lowest BCUT2D eigenvalue weighted by molar-refractivity contribution is -0.141. The second-order valence-electron chi connectivity index (χ2n) is 4.48. The third-order valence-electron chi connectivity index (χ3n) is 3.30. The molecule has 5 heteroatoms. The molecule has 1 amide bonds. The molecular weight excluding hydrogens is 262 g/mol. The molecule has 2 aromatic rings. The van der Waals surface area contributed by atoms with Gasteiger partial charge in [-0.25, -0.2) is 4.79 Å². The summed E-state index contributed by atoms with van der Waals surface area (Å²) in [5, 5.41) is 10.0. The number of likely N-dealkylation sites (N-methyl/N-ethyl adjacent to an activating group) is 1. The largest absolute Gasteiger partial charge is 0.480 e. The Kier molecular flexibility index (Phi) is 3.57. The van der Waals surface area contributed by atoms with E-state index in [0.29, 0.717) is 4.88 Å².